The quantitative estimate of drug-likeness (QED) is 0.441. The third-order valence-electron chi connectivity index (χ3n) is 0.675. The fourth-order valence-electron chi connectivity index (χ4n) is 0.333. The monoisotopic (exact) mass is 154 g/mol. The fourth-order valence-corrected chi connectivity index (χ4v) is 0.680. The minimum atomic E-state index is 0.690. The van der Waals surface area contributed by atoms with E-state index in [0.29, 0.717) is 5.17 Å². The number of allylic oxidation sites excluding steroid dienone is 1. The van der Waals surface area contributed by atoms with E-state index in [1.807, 2.05) is 6.26 Å². The second-order valence-electron chi connectivity index (χ2n) is 1.31. The lowest BCUT2D eigenvalue weighted by molar-refractivity contribution is 1.56. The third kappa shape index (κ3) is 4.09. The van der Waals surface area contributed by atoms with Crippen LogP contribution >= 0.6 is 11.8 Å². The van der Waals surface area contributed by atoms with Crippen LogP contribution in [-0.4, -0.2) is 17.6 Å². The van der Waals surface area contributed by atoms with Crippen LogP contribution in [0.15, 0.2) is 35.4 Å². The molecule has 0 saturated heterocycles. The van der Waals surface area contributed by atoms with E-state index in [2.05, 4.69) is 23.1 Å². The summed E-state index contributed by atoms with van der Waals surface area (Å²) in [4.78, 5) is 7.83. The van der Waals surface area contributed by atoms with E-state index in [1.54, 1.807) is 12.3 Å². The van der Waals surface area contributed by atoms with E-state index in [1.165, 1.54) is 18.0 Å². The molecule has 0 fully saturated rings. The molecule has 0 bridgehead atoms. The van der Waals surface area contributed by atoms with Crippen LogP contribution in [0.1, 0.15) is 0 Å². The van der Waals surface area contributed by atoms with Crippen LogP contribution in [0.2, 0.25) is 0 Å². The standard InChI is InChI=1S/C7H10N2S/c1-4-6-9-7(10-3)8-5-2/h4-6H,1-2H2,3H3. The van der Waals surface area contributed by atoms with Crippen LogP contribution in [-0.2, 0) is 0 Å². The number of amidine groups is 1. The highest BCUT2D eigenvalue weighted by molar-refractivity contribution is 8.13. The molecule has 0 atom stereocenters. The van der Waals surface area contributed by atoms with Crippen molar-refractivity contribution >= 4 is 23.1 Å². The molecule has 0 unspecified atom stereocenters. The molecule has 0 aromatic carbocycles. The highest BCUT2D eigenvalue weighted by Gasteiger charge is 1.85. The van der Waals surface area contributed by atoms with Crippen molar-refractivity contribution in [3.63, 3.8) is 0 Å². The van der Waals surface area contributed by atoms with Gasteiger partial charge in [0.15, 0.2) is 5.17 Å². The number of aliphatic imine (C=N–C) groups is 2. The molecular formula is C7H10N2S. The summed E-state index contributed by atoms with van der Waals surface area (Å²) in [6, 6.07) is 0. The molecule has 10 heavy (non-hydrogen) atoms. The van der Waals surface area contributed by atoms with Gasteiger partial charge in [0.25, 0.3) is 0 Å². The normalized spacial score (nSPS) is 11.9. The van der Waals surface area contributed by atoms with E-state index in [4.69, 9.17) is 0 Å². The van der Waals surface area contributed by atoms with E-state index < -0.39 is 0 Å². The van der Waals surface area contributed by atoms with Crippen molar-refractivity contribution in [3.8, 4) is 0 Å². The van der Waals surface area contributed by atoms with E-state index in [9.17, 15) is 0 Å². The average molecular weight is 154 g/mol. The molecule has 0 N–H and O–H groups in total. The Hall–Kier alpha value is -0.830. The summed E-state index contributed by atoms with van der Waals surface area (Å²) in [6.07, 6.45) is 6.57. The number of thioether (sulfide) groups is 1. The first-order valence-electron chi connectivity index (χ1n) is 2.73. The Balaban J connectivity index is 4.06. The Kier molecular flexibility index (Phi) is 5.77. The van der Waals surface area contributed by atoms with E-state index >= 15 is 0 Å². The summed E-state index contributed by atoms with van der Waals surface area (Å²) in [7, 11) is 0. The van der Waals surface area contributed by atoms with Gasteiger partial charge in [-0.25, -0.2) is 9.98 Å². The first kappa shape index (κ1) is 9.17. The Morgan fingerprint density at radius 1 is 1.50 bits per heavy atom. The molecule has 0 radical (unpaired) electrons. The van der Waals surface area contributed by atoms with Crippen molar-refractivity contribution < 1.29 is 0 Å². The maximum Gasteiger partial charge on any atom is 0.187 e. The zero-order valence-corrected chi connectivity index (χ0v) is 6.77. The van der Waals surface area contributed by atoms with Gasteiger partial charge in [-0.2, -0.15) is 0 Å². The lowest BCUT2D eigenvalue weighted by atomic mass is 10.7. The maximum absolute atomic E-state index is 3.95. The zero-order chi connectivity index (χ0) is 7.82. The predicted molar refractivity (Wildman–Crippen MR) is 49.8 cm³/mol. The Labute approximate surface area is 65.5 Å². The first-order chi connectivity index (χ1) is 4.85. The van der Waals surface area contributed by atoms with Crippen molar-refractivity contribution in [2.45, 2.75) is 0 Å². The van der Waals surface area contributed by atoms with Gasteiger partial charge in [-0.1, -0.05) is 31.0 Å². The summed E-state index contributed by atoms with van der Waals surface area (Å²) >= 11 is 1.47. The van der Waals surface area contributed by atoms with E-state index in [-0.39, 0.29) is 0 Å². The second kappa shape index (κ2) is 6.29. The van der Waals surface area contributed by atoms with Gasteiger partial charge < -0.3 is 0 Å². The van der Waals surface area contributed by atoms with Gasteiger partial charge in [0.05, 0.1) is 0 Å². The van der Waals surface area contributed by atoms with Crippen LogP contribution < -0.4 is 0 Å². The molecule has 0 aromatic heterocycles. The molecule has 0 aliphatic heterocycles. The van der Waals surface area contributed by atoms with Crippen LogP contribution in [0.25, 0.3) is 0 Å². The first-order valence-corrected chi connectivity index (χ1v) is 3.95. The number of hydrogen-bond donors (Lipinski definition) is 0. The summed E-state index contributed by atoms with van der Waals surface area (Å²) < 4.78 is 0. The Morgan fingerprint density at radius 2 is 2.20 bits per heavy atom. The van der Waals surface area contributed by atoms with Crippen molar-refractivity contribution in [1.82, 2.24) is 0 Å². The number of nitrogens with zero attached hydrogens (tertiary/aromatic N) is 2. The van der Waals surface area contributed by atoms with Gasteiger partial charge in [0.1, 0.15) is 0 Å². The maximum atomic E-state index is 3.95. The topological polar surface area (TPSA) is 24.7 Å². The summed E-state index contributed by atoms with van der Waals surface area (Å²) in [5, 5.41) is 0.690. The molecule has 0 aromatic rings. The minimum Gasteiger partial charge on any atom is -0.232 e. The largest absolute Gasteiger partial charge is 0.232 e. The van der Waals surface area contributed by atoms with Crippen LogP contribution in [0, 0.1) is 0 Å². The molecule has 0 aliphatic carbocycles. The SMILES string of the molecule is C=CC=NC(=NC=C)SC. The van der Waals surface area contributed by atoms with Gasteiger partial charge in [0.2, 0.25) is 0 Å². The third-order valence-corrected chi connectivity index (χ3v) is 1.25. The zero-order valence-electron chi connectivity index (χ0n) is 5.95. The lowest BCUT2D eigenvalue weighted by Gasteiger charge is -1.88. The molecule has 0 rings (SSSR count). The van der Waals surface area contributed by atoms with Crippen LogP contribution in [0.4, 0.5) is 0 Å². The molecule has 0 spiro atoms. The van der Waals surface area contributed by atoms with E-state index in [0.717, 1.165) is 0 Å². The Morgan fingerprint density at radius 3 is 2.60 bits per heavy atom. The molecule has 54 valence electrons. The van der Waals surface area contributed by atoms with Gasteiger partial charge in [-0.3, -0.25) is 0 Å². The average Bonchev–Trinajstić information content (AvgIpc) is 1.98. The van der Waals surface area contributed by atoms with Gasteiger partial charge in [0, 0.05) is 12.4 Å². The smallest absolute Gasteiger partial charge is 0.187 e. The second-order valence-corrected chi connectivity index (χ2v) is 2.09. The summed E-state index contributed by atoms with van der Waals surface area (Å²) in [6.45, 7) is 6.94. The highest BCUT2D eigenvalue weighted by Crippen LogP contribution is 1.98. The number of rotatable bonds is 2. The molecule has 0 amide bonds. The fraction of sp³-hybridized carbons (Fsp3) is 0.143. The van der Waals surface area contributed by atoms with Crippen molar-refractivity contribution in [2.75, 3.05) is 6.26 Å². The molecule has 0 saturated carbocycles. The summed E-state index contributed by atoms with van der Waals surface area (Å²) in [5.41, 5.74) is 0. The minimum absolute atomic E-state index is 0.690. The molecule has 2 nitrogen and oxygen atoms in total. The van der Waals surface area contributed by atoms with Crippen LogP contribution in [0.5, 0.6) is 0 Å². The molecule has 0 aliphatic rings. The van der Waals surface area contributed by atoms with Crippen LogP contribution in [0.3, 0.4) is 0 Å². The molecule has 3 heteroatoms. The highest BCUT2D eigenvalue weighted by atomic mass is 32.2. The summed E-state index contributed by atoms with van der Waals surface area (Å²) in [5.74, 6) is 0. The predicted octanol–water partition coefficient (Wildman–Crippen LogP) is 2.11. The number of hydrogen-bond acceptors (Lipinski definition) is 2. The molecular weight excluding hydrogens is 144 g/mol. The van der Waals surface area contributed by atoms with Crippen molar-refractivity contribution in [3.05, 3.63) is 25.4 Å². The van der Waals surface area contributed by atoms with Gasteiger partial charge in [-0.05, 0) is 6.26 Å². The lowest BCUT2D eigenvalue weighted by Crippen LogP contribution is -1.83. The Bertz CT molecular complexity index is 170. The van der Waals surface area contributed by atoms with Crippen molar-refractivity contribution in [1.29, 1.82) is 0 Å². The van der Waals surface area contributed by atoms with Crippen molar-refractivity contribution in [2.24, 2.45) is 9.98 Å². The van der Waals surface area contributed by atoms with Gasteiger partial charge in [-0.15, -0.1) is 0 Å². The van der Waals surface area contributed by atoms with Gasteiger partial charge >= 0.3 is 0 Å². The molecule has 0 heterocycles.